The Kier molecular flexibility index (Phi) is 5.03. The van der Waals surface area contributed by atoms with Crippen molar-refractivity contribution < 1.29 is 17.9 Å². The van der Waals surface area contributed by atoms with Crippen LogP contribution in [0.3, 0.4) is 0 Å². The topological polar surface area (TPSA) is 66.9 Å². The third-order valence-electron chi connectivity index (χ3n) is 5.76. The number of carbonyl (C=O) groups is 1. The minimum absolute atomic E-state index is 0.00156. The molecule has 3 aliphatic rings. The van der Waals surface area contributed by atoms with Crippen LogP contribution >= 0.6 is 0 Å². The summed E-state index contributed by atoms with van der Waals surface area (Å²) in [4.78, 5) is 14.6. The summed E-state index contributed by atoms with van der Waals surface area (Å²) in [7, 11) is -3.63. The Hall–Kier alpha value is -1.44. The van der Waals surface area contributed by atoms with Gasteiger partial charge in [0.2, 0.25) is 10.0 Å². The Morgan fingerprint density at radius 2 is 1.81 bits per heavy atom. The van der Waals surface area contributed by atoms with Crippen LogP contribution in [0.4, 0.5) is 0 Å². The quantitative estimate of drug-likeness (QED) is 0.809. The first-order chi connectivity index (χ1) is 12.6. The van der Waals surface area contributed by atoms with Gasteiger partial charge in [-0.1, -0.05) is 18.9 Å². The van der Waals surface area contributed by atoms with Crippen LogP contribution in [0.15, 0.2) is 29.2 Å². The van der Waals surface area contributed by atoms with Crippen LogP contribution in [0.1, 0.15) is 48.9 Å². The van der Waals surface area contributed by atoms with E-state index in [0.29, 0.717) is 18.7 Å². The number of hydrogen-bond donors (Lipinski definition) is 0. The van der Waals surface area contributed by atoms with Crippen LogP contribution in [-0.4, -0.2) is 61.9 Å². The highest BCUT2D eigenvalue weighted by Gasteiger charge is 2.41. The molecule has 1 saturated carbocycles. The predicted octanol–water partition coefficient (Wildman–Crippen LogP) is 2.25. The number of amides is 1. The second-order valence-electron chi connectivity index (χ2n) is 7.40. The SMILES string of the molecule is O=C(c1cccc(S(=O)(=O)N2CCO[C@@H]3CCCC[C@H]32)c1)N1CCCC1. The predicted molar refractivity (Wildman–Crippen MR) is 97.5 cm³/mol. The van der Waals surface area contributed by atoms with Crippen LogP contribution < -0.4 is 0 Å². The van der Waals surface area contributed by atoms with E-state index in [4.69, 9.17) is 4.74 Å². The summed E-state index contributed by atoms with van der Waals surface area (Å²) >= 11 is 0. The minimum atomic E-state index is -3.63. The number of nitrogens with zero attached hydrogens (tertiary/aromatic N) is 2. The molecule has 26 heavy (non-hydrogen) atoms. The molecule has 1 aromatic carbocycles. The van der Waals surface area contributed by atoms with Crippen molar-refractivity contribution in [1.82, 2.24) is 9.21 Å². The van der Waals surface area contributed by atoms with E-state index in [1.54, 1.807) is 33.5 Å². The van der Waals surface area contributed by atoms with Gasteiger partial charge in [-0.05, 0) is 43.9 Å². The zero-order chi connectivity index (χ0) is 18.1. The number of likely N-dealkylation sites (tertiary alicyclic amines) is 1. The molecule has 0 bridgehead atoms. The third-order valence-corrected chi connectivity index (χ3v) is 7.68. The lowest BCUT2D eigenvalue weighted by Gasteiger charge is -2.42. The zero-order valence-electron chi connectivity index (χ0n) is 15.0. The maximum Gasteiger partial charge on any atom is 0.253 e. The highest BCUT2D eigenvalue weighted by molar-refractivity contribution is 7.89. The standard InChI is InChI=1S/C19H26N2O4S/c22-19(20-10-3-4-11-20)15-6-5-7-16(14-15)26(23,24)21-12-13-25-18-9-2-1-8-17(18)21/h5-7,14,17-18H,1-4,8-13H2/t17-,18-/m1/s1. The van der Waals surface area contributed by atoms with E-state index >= 15 is 0 Å². The fraction of sp³-hybridized carbons (Fsp3) is 0.632. The molecule has 2 atom stereocenters. The van der Waals surface area contributed by atoms with Crippen molar-refractivity contribution in [3.63, 3.8) is 0 Å². The highest BCUT2D eigenvalue weighted by atomic mass is 32.2. The minimum Gasteiger partial charge on any atom is -0.375 e. The Morgan fingerprint density at radius 1 is 1.04 bits per heavy atom. The van der Waals surface area contributed by atoms with Crippen LogP contribution in [0.2, 0.25) is 0 Å². The van der Waals surface area contributed by atoms with Gasteiger partial charge in [0.1, 0.15) is 0 Å². The molecular formula is C19H26N2O4S. The first kappa shape index (κ1) is 17.9. The average molecular weight is 378 g/mol. The molecular weight excluding hydrogens is 352 g/mol. The molecule has 142 valence electrons. The maximum atomic E-state index is 13.3. The summed E-state index contributed by atoms with van der Waals surface area (Å²) in [5.74, 6) is -0.0722. The number of carbonyl (C=O) groups excluding carboxylic acids is 1. The van der Waals surface area contributed by atoms with Gasteiger partial charge in [0.25, 0.3) is 5.91 Å². The van der Waals surface area contributed by atoms with Crippen molar-refractivity contribution >= 4 is 15.9 Å². The van der Waals surface area contributed by atoms with E-state index in [-0.39, 0.29) is 22.9 Å². The number of ether oxygens (including phenoxy) is 1. The average Bonchev–Trinajstić information content (AvgIpc) is 3.22. The number of hydrogen-bond acceptors (Lipinski definition) is 4. The number of benzene rings is 1. The van der Waals surface area contributed by atoms with Crippen LogP contribution in [0.5, 0.6) is 0 Å². The van der Waals surface area contributed by atoms with E-state index in [1.807, 2.05) is 0 Å². The molecule has 0 unspecified atom stereocenters. The van der Waals surface area contributed by atoms with Crippen molar-refractivity contribution in [2.24, 2.45) is 0 Å². The molecule has 2 aliphatic heterocycles. The van der Waals surface area contributed by atoms with Gasteiger partial charge in [0.15, 0.2) is 0 Å². The number of morpholine rings is 1. The molecule has 1 amide bonds. The molecule has 1 aliphatic carbocycles. The second-order valence-corrected chi connectivity index (χ2v) is 9.29. The summed E-state index contributed by atoms with van der Waals surface area (Å²) in [6, 6.07) is 6.45. The first-order valence-corrected chi connectivity index (χ1v) is 11.0. The van der Waals surface area contributed by atoms with Gasteiger partial charge in [-0.25, -0.2) is 8.42 Å². The van der Waals surface area contributed by atoms with Crippen molar-refractivity contribution in [2.45, 2.75) is 55.6 Å². The van der Waals surface area contributed by atoms with Crippen LogP contribution in [0, 0.1) is 0 Å². The van der Waals surface area contributed by atoms with E-state index < -0.39 is 10.0 Å². The molecule has 4 rings (SSSR count). The van der Waals surface area contributed by atoms with Crippen molar-refractivity contribution in [3.05, 3.63) is 29.8 Å². The molecule has 0 spiro atoms. The second kappa shape index (κ2) is 7.29. The van der Waals surface area contributed by atoms with Gasteiger partial charge in [-0.2, -0.15) is 4.31 Å². The summed E-state index contributed by atoms with van der Waals surface area (Å²) in [6.45, 7) is 2.33. The van der Waals surface area contributed by atoms with Gasteiger partial charge in [-0.3, -0.25) is 4.79 Å². The number of sulfonamides is 1. The molecule has 0 N–H and O–H groups in total. The Morgan fingerprint density at radius 3 is 2.62 bits per heavy atom. The number of fused-ring (bicyclic) bond motifs is 1. The highest BCUT2D eigenvalue weighted by Crippen LogP contribution is 2.32. The zero-order valence-corrected chi connectivity index (χ0v) is 15.8. The monoisotopic (exact) mass is 378 g/mol. The Balaban J connectivity index is 1.61. The smallest absolute Gasteiger partial charge is 0.253 e. The van der Waals surface area contributed by atoms with Crippen molar-refractivity contribution in [1.29, 1.82) is 0 Å². The van der Waals surface area contributed by atoms with Gasteiger partial charge >= 0.3 is 0 Å². The normalized spacial score (nSPS) is 27.3. The first-order valence-electron chi connectivity index (χ1n) is 9.60. The van der Waals surface area contributed by atoms with Gasteiger partial charge in [0.05, 0.1) is 23.6 Å². The van der Waals surface area contributed by atoms with Crippen LogP contribution in [0.25, 0.3) is 0 Å². The van der Waals surface area contributed by atoms with Crippen molar-refractivity contribution in [2.75, 3.05) is 26.2 Å². The summed E-state index contributed by atoms with van der Waals surface area (Å²) in [5.41, 5.74) is 0.460. The van der Waals surface area contributed by atoms with Gasteiger partial charge < -0.3 is 9.64 Å². The number of rotatable bonds is 3. The summed E-state index contributed by atoms with van der Waals surface area (Å²) in [6.07, 6.45) is 5.92. The molecule has 0 radical (unpaired) electrons. The lowest BCUT2D eigenvalue weighted by Crippen LogP contribution is -2.54. The fourth-order valence-electron chi connectivity index (χ4n) is 4.39. The van der Waals surface area contributed by atoms with Gasteiger partial charge in [0, 0.05) is 25.2 Å². The van der Waals surface area contributed by atoms with E-state index in [0.717, 1.165) is 51.6 Å². The van der Waals surface area contributed by atoms with E-state index in [2.05, 4.69) is 0 Å². The molecule has 1 aromatic rings. The Bertz CT molecular complexity index is 771. The molecule has 3 fully saturated rings. The van der Waals surface area contributed by atoms with E-state index in [1.165, 1.54) is 0 Å². The van der Waals surface area contributed by atoms with Crippen molar-refractivity contribution in [3.8, 4) is 0 Å². The Labute approximate surface area is 155 Å². The molecule has 7 heteroatoms. The molecule has 2 saturated heterocycles. The lowest BCUT2D eigenvalue weighted by molar-refractivity contribution is -0.0586. The largest absolute Gasteiger partial charge is 0.375 e. The molecule has 6 nitrogen and oxygen atoms in total. The maximum absolute atomic E-state index is 13.3. The van der Waals surface area contributed by atoms with Crippen LogP contribution in [-0.2, 0) is 14.8 Å². The summed E-state index contributed by atoms with van der Waals surface area (Å²) < 4.78 is 34.0. The summed E-state index contributed by atoms with van der Waals surface area (Å²) in [5, 5.41) is 0. The van der Waals surface area contributed by atoms with E-state index in [9.17, 15) is 13.2 Å². The fourth-order valence-corrected chi connectivity index (χ4v) is 6.10. The third kappa shape index (κ3) is 3.28. The molecule has 0 aromatic heterocycles. The van der Waals surface area contributed by atoms with Gasteiger partial charge in [-0.15, -0.1) is 0 Å². The molecule has 2 heterocycles. The lowest BCUT2D eigenvalue weighted by atomic mass is 9.91.